The second-order valence-electron chi connectivity index (χ2n) is 5.69. The van der Waals surface area contributed by atoms with Crippen molar-refractivity contribution in [2.24, 2.45) is 0 Å². The van der Waals surface area contributed by atoms with Crippen LogP contribution in [0.25, 0.3) is 11.1 Å². The fourth-order valence-corrected chi connectivity index (χ4v) is 4.97. The molecule has 1 aromatic heterocycles. The Balaban J connectivity index is 2.01. The van der Waals surface area contributed by atoms with Crippen molar-refractivity contribution in [2.75, 3.05) is 12.4 Å². The second-order valence-corrected chi connectivity index (χ2v) is 8.98. The van der Waals surface area contributed by atoms with E-state index < -0.39 is 11.9 Å². The van der Waals surface area contributed by atoms with Gasteiger partial charge in [-0.25, -0.2) is 4.79 Å². The number of methoxy groups -OCH3 is 1. The van der Waals surface area contributed by atoms with Crippen molar-refractivity contribution in [3.05, 3.63) is 65.5 Å². The number of carboxylic acid groups (broad SMARTS) is 1. The van der Waals surface area contributed by atoms with E-state index in [4.69, 9.17) is 39.5 Å². The molecular weight excluding hydrogens is 572 g/mol. The number of benzene rings is 2. The number of anilines is 1. The van der Waals surface area contributed by atoms with Gasteiger partial charge in [0.05, 0.1) is 22.7 Å². The first-order chi connectivity index (χ1) is 13.7. The maximum absolute atomic E-state index is 12.8. The molecule has 5 nitrogen and oxygen atoms in total. The smallest absolute Gasteiger partial charge is 0.339 e. The van der Waals surface area contributed by atoms with E-state index in [-0.39, 0.29) is 36.9 Å². The minimum Gasteiger partial charge on any atom is -0.494 e. The highest BCUT2D eigenvalue weighted by atomic mass is 127. The van der Waals surface area contributed by atoms with Crippen LogP contribution >= 0.6 is 68.7 Å². The Morgan fingerprint density at radius 3 is 2.52 bits per heavy atom. The highest BCUT2D eigenvalue weighted by Crippen LogP contribution is 2.41. The van der Waals surface area contributed by atoms with Crippen LogP contribution in [0.4, 0.5) is 5.00 Å². The first-order valence-corrected chi connectivity index (χ1v) is 11.0. The van der Waals surface area contributed by atoms with Crippen LogP contribution in [0.3, 0.4) is 0 Å². The fraction of sp³-hybridized carbons (Fsp3) is 0.0526. The SMILES string of the molecule is COc1c(Cl)cc(C(=O)Nc2scc(-c3cccc(I)c3)c2C(=O)O)c(Cl)c1Cl. The molecule has 0 aliphatic rings. The number of aromatic carboxylic acids is 1. The molecule has 150 valence electrons. The van der Waals surface area contributed by atoms with Gasteiger partial charge in [0, 0.05) is 14.5 Å². The Labute approximate surface area is 198 Å². The van der Waals surface area contributed by atoms with Crippen LogP contribution in [-0.4, -0.2) is 24.1 Å². The summed E-state index contributed by atoms with van der Waals surface area (Å²) in [5.41, 5.74) is 1.24. The fourth-order valence-electron chi connectivity index (χ4n) is 2.63. The van der Waals surface area contributed by atoms with E-state index in [0.717, 1.165) is 20.5 Å². The topological polar surface area (TPSA) is 75.6 Å². The van der Waals surface area contributed by atoms with Crippen molar-refractivity contribution < 1.29 is 19.4 Å². The number of carbonyl (C=O) groups is 2. The van der Waals surface area contributed by atoms with Gasteiger partial charge in [0.2, 0.25) is 0 Å². The standard InChI is InChI=1S/C19H11Cl3INO4S/c1-28-16-12(20)6-10(14(21)15(16)22)17(25)24-18-13(19(26)27)11(7-29-18)8-3-2-4-9(23)5-8/h2-7H,1H3,(H,24,25)(H,26,27). The van der Waals surface area contributed by atoms with Gasteiger partial charge in [0.15, 0.2) is 5.75 Å². The number of carboxylic acids is 1. The number of halogens is 4. The summed E-state index contributed by atoms with van der Waals surface area (Å²) < 4.78 is 6.03. The predicted octanol–water partition coefficient (Wildman–Crippen LogP) is 6.94. The number of hydrogen-bond acceptors (Lipinski definition) is 4. The zero-order valence-corrected chi connectivity index (χ0v) is 19.8. The average molecular weight is 583 g/mol. The maximum atomic E-state index is 12.8. The third kappa shape index (κ3) is 4.49. The summed E-state index contributed by atoms with van der Waals surface area (Å²) in [6.07, 6.45) is 0. The molecule has 10 heteroatoms. The number of amides is 1. The van der Waals surface area contributed by atoms with Crippen molar-refractivity contribution in [3.8, 4) is 16.9 Å². The molecule has 3 aromatic rings. The van der Waals surface area contributed by atoms with Crippen molar-refractivity contribution in [2.45, 2.75) is 0 Å². The molecule has 2 aromatic carbocycles. The normalized spacial score (nSPS) is 10.7. The summed E-state index contributed by atoms with van der Waals surface area (Å²) in [5.74, 6) is -1.65. The molecule has 0 fully saturated rings. The molecular formula is C19H11Cl3INO4S. The predicted molar refractivity (Wildman–Crippen MR) is 125 cm³/mol. The summed E-state index contributed by atoms with van der Waals surface area (Å²) in [7, 11) is 1.38. The molecule has 0 aliphatic carbocycles. The van der Waals surface area contributed by atoms with E-state index >= 15 is 0 Å². The highest BCUT2D eigenvalue weighted by Gasteiger charge is 2.24. The highest BCUT2D eigenvalue weighted by molar-refractivity contribution is 14.1. The van der Waals surface area contributed by atoms with E-state index in [9.17, 15) is 14.7 Å². The Kier molecular flexibility index (Phi) is 6.95. The van der Waals surface area contributed by atoms with E-state index in [1.54, 1.807) is 5.38 Å². The number of rotatable bonds is 5. The van der Waals surface area contributed by atoms with Gasteiger partial charge in [-0.1, -0.05) is 46.9 Å². The summed E-state index contributed by atoms with van der Waals surface area (Å²) >= 11 is 21.6. The minimum absolute atomic E-state index is 0.00279. The number of nitrogens with one attached hydrogen (secondary N) is 1. The molecule has 0 spiro atoms. The zero-order valence-electron chi connectivity index (χ0n) is 14.6. The van der Waals surface area contributed by atoms with Crippen LogP contribution in [-0.2, 0) is 0 Å². The molecule has 3 rings (SSSR count). The monoisotopic (exact) mass is 581 g/mol. The van der Waals surface area contributed by atoms with Gasteiger partial charge >= 0.3 is 5.97 Å². The van der Waals surface area contributed by atoms with Crippen LogP contribution in [0.15, 0.2) is 35.7 Å². The van der Waals surface area contributed by atoms with E-state index in [1.807, 2.05) is 24.3 Å². The molecule has 2 N–H and O–H groups in total. The minimum atomic E-state index is -1.16. The number of hydrogen-bond donors (Lipinski definition) is 2. The van der Waals surface area contributed by atoms with E-state index in [1.165, 1.54) is 13.2 Å². The molecule has 29 heavy (non-hydrogen) atoms. The van der Waals surface area contributed by atoms with Gasteiger partial charge in [0.1, 0.15) is 15.6 Å². The van der Waals surface area contributed by atoms with Gasteiger partial charge in [-0.2, -0.15) is 0 Å². The first kappa shape index (κ1) is 22.2. The average Bonchev–Trinajstić information content (AvgIpc) is 3.09. The van der Waals surface area contributed by atoms with Crippen LogP contribution < -0.4 is 10.1 Å². The van der Waals surface area contributed by atoms with Gasteiger partial charge in [-0.3, -0.25) is 4.79 Å². The number of carbonyl (C=O) groups excluding carboxylic acids is 1. The largest absolute Gasteiger partial charge is 0.494 e. The van der Waals surface area contributed by atoms with Crippen molar-refractivity contribution in [1.82, 2.24) is 0 Å². The first-order valence-electron chi connectivity index (χ1n) is 7.88. The second kappa shape index (κ2) is 9.09. The number of thiophene rings is 1. The zero-order chi connectivity index (χ0) is 21.3. The van der Waals surface area contributed by atoms with E-state index in [0.29, 0.717) is 5.56 Å². The van der Waals surface area contributed by atoms with Gasteiger partial charge in [0.25, 0.3) is 5.91 Å². The van der Waals surface area contributed by atoms with Crippen LogP contribution in [0, 0.1) is 3.57 Å². The summed E-state index contributed by atoms with van der Waals surface area (Å²) in [6, 6.07) is 8.72. The third-order valence-electron chi connectivity index (χ3n) is 3.93. The van der Waals surface area contributed by atoms with Crippen molar-refractivity contribution in [3.63, 3.8) is 0 Å². The molecule has 1 amide bonds. The Morgan fingerprint density at radius 2 is 1.90 bits per heavy atom. The van der Waals surface area contributed by atoms with Crippen LogP contribution in [0.5, 0.6) is 5.75 Å². The lowest BCUT2D eigenvalue weighted by molar-refractivity contribution is 0.0699. The molecule has 1 heterocycles. The lowest BCUT2D eigenvalue weighted by Crippen LogP contribution is -2.14. The van der Waals surface area contributed by atoms with Gasteiger partial charge in [-0.05, 0) is 46.4 Å². The summed E-state index contributed by atoms with van der Waals surface area (Å²) in [6.45, 7) is 0. The lowest BCUT2D eigenvalue weighted by Gasteiger charge is -2.12. The molecule has 0 unspecified atom stereocenters. The molecule has 0 bridgehead atoms. The van der Waals surface area contributed by atoms with Crippen LogP contribution in [0.1, 0.15) is 20.7 Å². The maximum Gasteiger partial charge on any atom is 0.339 e. The molecule has 0 saturated carbocycles. The Morgan fingerprint density at radius 1 is 1.17 bits per heavy atom. The Hall–Kier alpha value is -1.52. The lowest BCUT2D eigenvalue weighted by atomic mass is 10.0. The van der Waals surface area contributed by atoms with Crippen LogP contribution in [0.2, 0.25) is 15.1 Å². The van der Waals surface area contributed by atoms with Gasteiger partial charge in [-0.15, -0.1) is 11.3 Å². The quantitative estimate of drug-likeness (QED) is 0.253. The summed E-state index contributed by atoms with van der Waals surface area (Å²) in [5, 5.41) is 14.2. The molecule has 0 radical (unpaired) electrons. The van der Waals surface area contributed by atoms with Gasteiger partial charge < -0.3 is 15.2 Å². The Bertz CT molecular complexity index is 1130. The number of ether oxygens (including phenoxy) is 1. The van der Waals surface area contributed by atoms with Crippen molar-refractivity contribution in [1.29, 1.82) is 0 Å². The molecule has 0 aliphatic heterocycles. The summed E-state index contributed by atoms with van der Waals surface area (Å²) in [4.78, 5) is 24.7. The molecule has 0 atom stereocenters. The van der Waals surface area contributed by atoms with E-state index in [2.05, 4.69) is 27.9 Å². The molecule has 0 saturated heterocycles. The third-order valence-corrected chi connectivity index (χ3v) is 6.63. The van der Waals surface area contributed by atoms with Crippen molar-refractivity contribution >= 4 is 85.6 Å².